The van der Waals surface area contributed by atoms with Gasteiger partial charge in [0.2, 0.25) is 11.8 Å². The molecule has 0 aliphatic rings. The van der Waals surface area contributed by atoms with Crippen molar-refractivity contribution in [2.45, 2.75) is 129 Å². The Morgan fingerprint density at radius 1 is 0.608 bits per heavy atom. The van der Waals surface area contributed by atoms with Gasteiger partial charge in [-0.1, -0.05) is 77.0 Å². The second kappa shape index (κ2) is 35.3. The first-order chi connectivity index (χ1) is 24.6. The van der Waals surface area contributed by atoms with Crippen molar-refractivity contribution in [1.29, 1.82) is 0 Å². The van der Waals surface area contributed by atoms with Crippen LogP contribution in [0, 0.1) is 0 Å². The molecule has 0 aromatic heterocycles. The Labute approximate surface area is 304 Å². The summed E-state index contributed by atoms with van der Waals surface area (Å²) in [5.74, 6) is -2.22. The summed E-state index contributed by atoms with van der Waals surface area (Å²) in [5, 5.41) is 23.3. The van der Waals surface area contributed by atoms with Crippen LogP contribution in [0.25, 0.3) is 0 Å². The number of Topliss-reactive ketones (excluding diaryl/α,β-unsaturated/α-hetero) is 1. The lowest BCUT2D eigenvalue weighted by molar-refractivity contribution is -0.142. The molecule has 0 rings (SSSR count). The average Bonchev–Trinajstić information content (AvgIpc) is 3.08. The smallest absolute Gasteiger partial charge is 0.326 e. The van der Waals surface area contributed by atoms with Crippen LogP contribution in [0.3, 0.4) is 0 Å². The molecule has 0 spiro atoms. The molecule has 0 aliphatic carbocycles. The molecule has 6 N–H and O–H groups in total. The molecule has 0 radical (unpaired) electrons. The number of ether oxygens (including phenoxy) is 4. The van der Waals surface area contributed by atoms with Crippen LogP contribution in [0.1, 0.15) is 122 Å². The first-order valence-electron chi connectivity index (χ1n) is 18.7. The number of rotatable bonds is 38. The second-order valence-electron chi connectivity index (χ2n) is 12.6. The molecule has 0 bridgehead atoms. The third-order valence-electron chi connectivity index (χ3n) is 7.76. The van der Waals surface area contributed by atoms with Crippen LogP contribution in [-0.2, 0) is 42.9 Å². The van der Waals surface area contributed by atoms with Crippen molar-refractivity contribution in [2.24, 2.45) is 10.7 Å². The van der Waals surface area contributed by atoms with E-state index in [0.717, 1.165) is 38.5 Å². The van der Waals surface area contributed by atoms with Gasteiger partial charge in [0.25, 0.3) is 0 Å². The third kappa shape index (κ3) is 36.5. The van der Waals surface area contributed by atoms with Crippen LogP contribution in [0.15, 0.2) is 4.99 Å². The fourth-order valence-corrected chi connectivity index (χ4v) is 4.97. The highest BCUT2D eigenvalue weighted by Crippen LogP contribution is 2.14. The van der Waals surface area contributed by atoms with E-state index < -0.39 is 18.0 Å². The van der Waals surface area contributed by atoms with Crippen LogP contribution in [0.5, 0.6) is 0 Å². The Kier molecular flexibility index (Phi) is 33.1. The zero-order chi connectivity index (χ0) is 37.8. The number of unbranched alkanes of at least 4 members (excludes halogenated alkanes) is 13. The number of hydrogen-bond donors (Lipinski definition) is 5. The molecular formula is C36H66N4O11. The van der Waals surface area contributed by atoms with E-state index >= 15 is 0 Å². The molecule has 0 fully saturated rings. The average molecular weight is 731 g/mol. The lowest BCUT2D eigenvalue weighted by Crippen LogP contribution is -2.41. The predicted molar refractivity (Wildman–Crippen MR) is 194 cm³/mol. The van der Waals surface area contributed by atoms with E-state index in [2.05, 4.69) is 15.6 Å². The Morgan fingerprint density at radius 3 is 1.63 bits per heavy atom. The largest absolute Gasteiger partial charge is 0.481 e. The highest BCUT2D eigenvalue weighted by molar-refractivity contribution is 5.84. The van der Waals surface area contributed by atoms with Gasteiger partial charge in [-0.3, -0.25) is 24.2 Å². The summed E-state index contributed by atoms with van der Waals surface area (Å²) < 4.78 is 21.2. The van der Waals surface area contributed by atoms with Gasteiger partial charge in [-0.2, -0.15) is 0 Å². The molecule has 0 saturated heterocycles. The van der Waals surface area contributed by atoms with Gasteiger partial charge in [0.1, 0.15) is 25.1 Å². The van der Waals surface area contributed by atoms with Gasteiger partial charge in [-0.25, -0.2) is 4.79 Å². The molecular weight excluding hydrogens is 664 g/mol. The number of carboxylic acids is 2. The minimum atomic E-state index is -1.16. The zero-order valence-electron chi connectivity index (χ0n) is 31.0. The fraction of sp³-hybridized carbons (Fsp3) is 0.833. The number of aliphatic imine (C=N–C) groups is 1. The summed E-state index contributed by atoms with van der Waals surface area (Å²) >= 11 is 0. The van der Waals surface area contributed by atoms with Crippen LogP contribution in [0.4, 0.5) is 0 Å². The maximum atomic E-state index is 12.3. The minimum absolute atomic E-state index is 0.000957. The monoisotopic (exact) mass is 730 g/mol. The number of amidine groups is 1. The van der Waals surface area contributed by atoms with Gasteiger partial charge < -0.3 is 45.5 Å². The van der Waals surface area contributed by atoms with Crippen molar-refractivity contribution in [3.05, 3.63) is 0 Å². The normalized spacial score (nSPS) is 12.1. The number of aliphatic carboxylic acids is 2. The SMILES string of the molecule is CC(=O)COCCOCCN=C(N)COCCOCCNC(=O)CC[C@H](NC(=O)CCCCCCCCCCCCCCCCC(=O)O)C(=O)O. The van der Waals surface area contributed by atoms with Gasteiger partial charge in [0.05, 0.1) is 46.2 Å². The third-order valence-corrected chi connectivity index (χ3v) is 7.76. The van der Waals surface area contributed by atoms with E-state index in [0.29, 0.717) is 45.2 Å². The number of ketones is 1. The Morgan fingerprint density at radius 2 is 1.10 bits per heavy atom. The standard InChI is InChI=1S/C36H66N4O11/c1-30(41)28-50-26-24-48-22-20-38-32(37)29-51-27-25-49-23-21-39-33(42)19-18-31(36(46)47)40-34(43)16-14-12-10-8-6-4-2-3-5-7-9-11-13-15-17-35(44)45/h31H,2-29H2,1H3,(H2,37,38)(H,39,42)(H,40,43)(H,44,45)(H,46,47)/t31-/m0/s1. The first-order valence-corrected chi connectivity index (χ1v) is 18.7. The number of hydrogen-bond acceptors (Lipinski definition) is 10. The highest BCUT2D eigenvalue weighted by atomic mass is 16.5. The molecule has 15 heteroatoms. The lowest BCUT2D eigenvalue weighted by Gasteiger charge is -2.14. The molecule has 0 aliphatic heterocycles. The molecule has 0 aromatic rings. The molecule has 15 nitrogen and oxygen atoms in total. The van der Waals surface area contributed by atoms with Gasteiger partial charge >= 0.3 is 11.9 Å². The highest BCUT2D eigenvalue weighted by Gasteiger charge is 2.20. The number of carbonyl (C=O) groups excluding carboxylic acids is 3. The van der Waals surface area contributed by atoms with E-state index in [1.807, 2.05) is 0 Å². The number of amides is 2. The van der Waals surface area contributed by atoms with Crippen LogP contribution in [0.2, 0.25) is 0 Å². The number of nitrogens with zero attached hydrogens (tertiary/aromatic N) is 1. The summed E-state index contributed by atoms with van der Waals surface area (Å²) in [7, 11) is 0. The molecule has 51 heavy (non-hydrogen) atoms. The molecule has 0 aromatic carbocycles. The second-order valence-corrected chi connectivity index (χ2v) is 12.6. The van der Waals surface area contributed by atoms with Gasteiger partial charge in [0, 0.05) is 25.8 Å². The Hall–Kier alpha value is -3.14. The number of carboxylic acid groups (broad SMARTS) is 2. The summed E-state index contributed by atoms with van der Waals surface area (Å²) in [5.41, 5.74) is 5.78. The summed E-state index contributed by atoms with van der Waals surface area (Å²) in [6.45, 7) is 4.22. The quantitative estimate of drug-likeness (QED) is 0.0348. The van der Waals surface area contributed by atoms with Crippen LogP contribution < -0.4 is 16.4 Å². The maximum Gasteiger partial charge on any atom is 0.326 e. The summed E-state index contributed by atoms with van der Waals surface area (Å²) in [4.78, 5) is 61.4. The Bertz CT molecular complexity index is 965. The van der Waals surface area contributed by atoms with Gasteiger partial charge in [0.15, 0.2) is 5.78 Å². The van der Waals surface area contributed by atoms with Crippen molar-refractivity contribution < 1.29 is 53.1 Å². The molecule has 0 heterocycles. The van der Waals surface area contributed by atoms with Gasteiger partial charge in [-0.05, 0) is 26.2 Å². The Balaban J connectivity index is 3.70. The molecule has 1 atom stereocenters. The minimum Gasteiger partial charge on any atom is -0.481 e. The molecule has 296 valence electrons. The maximum absolute atomic E-state index is 12.3. The number of nitrogens with two attached hydrogens (primary N) is 1. The van der Waals surface area contributed by atoms with E-state index in [4.69, 9.17) is 29.8 Å². The van der Waals surface area contributed by atoms with E-state index in [9.17, 15) is 29.1 Å². The van der Waals surface area contributed by atoms with E-state index in [1.165, 1.54) is 51.9 Å². The molecule has 0 saturated carbocycles. The van der Waals surface area contributed by atoms with Crippen molar-refractivity contribution >= 4 is 35.4 Å². The molecule has 2 amide bonds. The van der Waals surface area contributed by atoms with Crippen molar-refractivity contribution in [1.82, 2.24) is 10.6 Å². The predicted octanol–water partition coefficient (Wildman–Crippen LogP) is 3.79. The van der Waals surface area contributed by atoms with Gasteiger partial charge in [-0.15, -0.1) is 0 Å². The fourth-order valence-electron chi connectivity index (χ4n) is 4.97. The van der Waals surface area contributed by atoms with Crippen molar-refractivity contribution in [3.8, 4) is 0 Å². The number of nitrogens with one attached hydrogen (secondary N) is 2. The summed E-state index contributed by atoms with van der Waals surface area (Å²) in [6, 6.07) is -1.12. The van der Waals surface area contributed by atoms with Crippen molar-refractivity contribution in [2.75, 3.05) is 65.9 Å². The topological polar surface area (TPSA) is 225 Å². The molecule has 0 unspecified atom stereocenters. The van der Waals surface area contributed by atoms with E-state index in [1.54, 1.807) is 0 Å². The first kappa shape index (κ1) is 47.9. The van der Waals surface area contributed by atoms with Crippen LogP contribution >= 0.6 is 0 Å². The zero-order valence-corrected chi connectivity index (χ0v) is 31.0. The van der Waals surface area contributed by atoms with E-state index in [-0.39, 0.29) is 76.3 Å². The van der Waals surface area contributed by atoms with Crippen LogP contribution in [-0.4, -0.2) is 118 Å². The van der Waals surface area contributed by atoms with Crippen molar-refractivity contribution in [3.63, 3.8) is 0 Å². The summed E-state index contributed by atoms with van der Waals surface area (Å²) in [6.07, 6.45) is 15.7. The lowest BCUT2D eigenvalue weighted by atomic mass is 10.0. The number of carbonyl (C=O) groups is 5.